The van der Waals surface area contributed by atoms with Gasteiger partial charge < -0.3 is 9.80 Å². The van der Waals surface area contributed by atoms with Gasteiger partial charge in [0.25, 0.3) is 0 Å². The number of hydrogen-bond acceptors (Lipinski definition) is 5. The molecule has 31 heavy (non-hydrogen) atoms. The maximum absolute atomic E-state index is 13.2. The third-order valence-electron chi connectivity index (χ3n) is 6.30. The van der Waals surface area contributed by atoms with Crippen molar-refractivity contribution in [3.05, 3.63) is 29.3 Å². The van der Waals surface area contributed by atoms with Gasteiger partial charge in [0.05, 0.1) is 0 Å². The van der Waals surface area contributed by atoms with Crippen molar-refractivity contribution in [3.8, 4) is 11.4 Å². The minimum atomic E-state index is -0.497. The van der Waals surface area contributed by atoms with Gasteiger partial charge in [-0.2, -0.15) is 4.80 Å². The second-order valence-corrected chi connectivity index (χ2v) is 8.79. The molecule has 0 aliphatic carbocycles. The number of likely N-dealkylation sites (tertiary alicyclic amines) is 2. The van der Waals surface area contributed by atoms with Gasteiger partial charge in [0.1, 0.15) is 0 Å². The van der Waals surface area contributed by atoms with Crippen LogP contribution in [0.5, 0.6) is 0 Å². The molecule has 2 saturated heterocycles. The monoisotopic (exact) mass is 444 g/mol. The molecule has 2 aromatic rings. The van der Waals surface area contributed by atoms with Gasteiger partial charge in [0, 0.05) is 42.7 Å². The van der Waals surface area contributed by atoms with E-state index in [1.54, 1.807) is 12.1 Å². The van der Waals surface area contributed by atoms with Crippen LogP contribution in [0, 0.1) is 5.92 Å². The third-order valence-corrected chi connectivity index (χ3v) is 6.56. The van der Waals surface area contributed by atoms with Crippen LogP contribution in [0.4, 0.5) is 0 Å². The Balaban J connectivity index is 1.37. The fourth-order valence-corrected chi connectivity index (χ4v) is 4.56. The summed E-state index contributed by atoms with van der Waals surface area (Å²) in [5.74, 6) is 0.757. The Hall–Kier alpha value is -2.48. The highest BCUT2D eigenvalue weighted by molar-refractivity contribution is 6.30. The minimum Gasteiger partial charge on any atom is -0.342 e. The van der Waals surface area contributed by atoms with Gasteiger partial charge in [-0.1, -0.05) is 18.5 Å². The normalized spacial score (nSPS) is 18.8. The van der Waals surface area contributed by atoms with Crippen LogP contribution in [0.1, 0.15) is 51.5 Å². The zero-order valence-electron chi connectivity index (χ0n) is 17.9. The van der Waals surface area contributed by atoms with E-state index < -0.39 is 6.04 Å². The van der Waals surface area contributed by atoms with Crippen LogP contribution in [-0.2, 0) is 9.59 Å². The Kier molecular flexibility index (Phi) is 6.85. The summed E-state index contributed by atoms with van der Waals surface area (Å²) in [5.41, 5.74) is 0.801. The molecule has 4 rings (SSSR count). The molecule has 2 aliphatic heterocycles. The van der Waals surface area contributed by atoms with Crippen molar-refractivity contribution in [1.82, 2.24) is 30.0 Å². The maximum atomic E-state index is 13.2. The number of carbonyl (C=O) groups excluding carboxylic acids is 2. The highest BCUT2D eigenvalue weighted by Crippen LogP contribution is 2.25. The fraction of sp³-hybridized carbons (Fsp3) is 0.591. The van der Waals surface area contributed by atoms with Gasteiger partial charge in [-0.3, -0.25) is 9.59 Å². The summed E-state index contributed by atoms with van der Waals surface area (Å²) in [4.78, 5) is 31.2. The zero-order valence-corrected chi connectivity index (χ0v) is 18.7. The highest BCUT2D eigenvalue weighted by Gasteiger charge is 2.33. The smallest absolute Gasteiger partial charge is 0.249 e. The first-order chi connectivity index (χ1) is 15.1. The number of tetrazole rings is 1. The Morgan fingerprint density at radius 1 is 1.03 bits per heavy atom. The predicted octanol–water partition coefficient (Wildman–Crippen LogP) is 3.20. The summed E-state index contributed by atoms with van der Waals surface area (Å²) in [6, 6.07) is 6.71. The molecule has 0 saturated carbocycles. The molecular formula is C22H29ClN6O2. The van der Waals surface area contributed by atoms with E-state index in [0.29, 0.717) is 30.4 Å². The summed E-state index contributed by atoms with van der Waals surface area (Å²) in [6.07, 6.45) is 5.43. The summed E-state index contributed by atoms with van der Waals surface area (Å²) in [6.45, 7) is 4.89. The molecule has 0 radical (unpaired) electrons. The van der Waals surface area contributed by atoms with Gasteiger partial charge >= 0.3 is 0 Å². The first-order valence-electron chi connectivity index (χ1n) is 11.2. The molecule has 9 heteroatoms. The molecule has 166 valence electrons. The summed E-state index contributed by atoms with van der Waals surface area (Å²) in [7, 11) is 0. The van der Waals surface area contributed by atoms with E-state index in [9.17, 15) is 9.59 Å². The van der Waals surface area contributed by atoms with E-state index in [-0.39, 0.29) is 17.7 Å². The SMILES string of the molecule is CCC(C(=O)N1CCC(C(=O)N2CCCCC2)CC1)n1nnc(-c2ccc(Cl)cc2)n1. The topological polar surface area (TPSA) is 84.2 Å². The number of carbonyl (C=O) groups is 2. The molecule has 2 amide bonds. The Bertz CT molecular complexity index is 901. The number of amides is 2. The zero-order chi connectivity index (χ0) is 21.8. The van der Waals surface area contributed by atoms with Gasteiger partial charge in [-0.25, -0.2) is 0 Å². The second kappa shape index (κ2) is 9.77. The number of rotatable bonds is 5. The number of hydrogen-bond donors (Lipinski definition) is 0. The largest absolute Gasteiger partial charge is 0.342 e. The lowest BCUT2D eigenvalue weighted by Gasteiger charge is -2.36. The van der Waals surface area contributed by atoms with E-state index in [4.69, 9.17) is 11.6 Å². The summed E-state index contributed by atoms with van der Waals surface area (Å²) < 4.78 is 0. The van der Waals surface area contributed by atoms with E-state index in [2.05, 4.69) is 15.4 Å². The highest BCUT2D eigenvalue weighted by atomic mass is 35.5. The molecule has 3 heterocycles. The minimum absolute atomic E-state index is 0.00794. The molecule has 1 unspecified atom stereocenters. The predicted molar refractivity (Wildman–Crippen MR) is 117 cm³/mol. The summed E-state index contributed by atoms with van der Waals surface area (Å²) >= 11 is 5.94. The van der Waals surface area contributed by atoms with Crippen molar-refractivity contribution in [2.75, 3.05) is 26.2 Å². The lowest BCUT2D eigenvalue weighted by Crippen LogP contribution is -2.47. The first-order valence-corrected chi connectivity index (χ1v) is 11.6. The fourth-order valence-electron chi connectivity index (χ4n) is 4.44. The van der Waals surface area contributed by atoms with Crippen molar-refractivity contribution in [3.63, 3.8) is 0 Å². The standard InChI is InChI=1S/C22H29ClN6O2/c1-2-19(29-25-20(24-26-29)16-6-8-18(23)9-7-16)22(31)28-14-10-17(11-15-28)21(30)27-12-4-3-5-13-27/h6-9,17,19H,2-5,10-15H2,1H3. The van der Waals surface area contributed by atoms with Crippen molar-refractivity contribution >= 4 is 23.4 Å². The van der Waals surface area contributed by atoms with Crippen molar-refractivity contribution in [2.45, 2.75) is 51.5 Å². The van der Waals surface area contributed by atoms with Crippen LogP contribution < -0.4 is 0 Å². The van der Waals surface area contributed by atoms with E-state index >= 15 is 0 Å². The van der Waals surface area contributed by atoms with Crippen LogP contribution in [0.2, 0.25) is 5.02 Å². The van der Waals surface area contributed by atoms with Gasteiger partial charge in [0.2, 0.25) is 17.6 Å². The lowest BCUT2D eigenvalue weighted by molar-refractivity contribution is -0.143. The Morgan fingerprint density at radius 3 is 2.35 bits per heavy atom. The number of benzene rings is 1. The number of nitrogens with zero attached hydrogens (tertiary/aromatic N) is 6. The Labute approximate surface area is 187 Å². The number of aromatic nitrogens is 4. The van der Waals surface area contributed by atoms with Crippen molar-refractivity contribution < 1.29 is 9.59 Å². The van der Waals surface area contributed by atoms with Crippen LogP contribution in [0.3, 0.4) is 0 Å². The van der Waals surface area contributed by atoms with Gasteiger partial charge in [-0.15, -0.1) is 10.2 Å². The summed E-state index contributed by atoms with van der Waals surface area (Å²) in [5, 5.41) is 13.3. The van der Waals surface area contributed by atoms with E-state index in [0.717, 1.165) is 44.3 Å². The molecular weight excluding hydrogens is 416 g/mol. The average Bonchev–Trinajstić information content (AvgIpc) is 3.30. The van der Waals surface area contributed by atoms with Crippen LogP contribution in [0.25, 0.3) is 11.4 Å². The van der Waals surface area contributed by atoms with E-state index in [1.165, 1.54) is 11.2 Å². The molecule has 0 bridgehead atoms. The second-order valence-electron chi connectivity index (χ2n) is 8.35. The molecule has 0 N–H and O–H groups in total. The van der Waals surface area contributed by atoms with Gasteiger partial charge in [0.15, 0.2) is 6.04 Å². The maximum Gasteiger partial charge on any atom is 0.249 e. The molecule has 1 atom stereocenters. The quantitative estimate of drug-likeness (QED) is 0.707. The third kappa shape index (κ3) is 4.89. The molecule has 0 spiro atoms. The van der Waals surface area contributed by atoms with Crippen molar-refractivity contribution in [1.29, 1.82) is 0 Å². The molecule has 1 aromatic carbocycles. The van der Waals surface area contributed by atoms with Crippen LogP contribution in [-0.4, -0.2) is 68.0 Å². The van der Waals surface area contributed by atoms with Crippen LogP contribution in [0.15, 0.2) is 24.3 Å². The molecule has 2 aliphatic rings. The molecule has 8 nitrogen and oxygen atoms in total. The van der Waals surface area contributed by atoms with Gasteiger partial charge in [-0.05, 0) is 68.0 Å². The molecule has 2 fully saturated rings. The number of piperidine rings is 2. The van der Waals surface area contributed by atoms with E-state index in [1.807, 2.05) is 28.9 Å². The van der Waals surface area contributed by atoms with Crippen LogP contribution >= 0.6 is 11.6 Å². The average molecular weight is 445 g/mol. The first kappa shape index (κ1) is 21.7. The lowest BCUT2D eigenvalue weighted by atomic mass is 9.94. The van der Waals surface area contributed by atoms with Crippen molar-refractivity contribution in [2.24, 2.45) is 5.92 Å². The number of halogens is 1. The molecule has 1 aromatic heterocycles. The Morgan fingerprint density at radius 2 is 1.71 bits per heavy atom.